The van der Waals surface area contributed by atoms with Gasteiger partial charge in [-0.15, -0.1) is 0 Å². The first-order chi connectivity index (χ1) is 33.8. The number of fused-ring (bicyclic) bond motifs is 3. The predicted octanol–water partition coefficient (Wildman–Crippen LogP) is 14.1. The second kappa shape index (κ2) is 18.1. The number of rotatable bonds is 13. The van der Waals surface area contributed by atoms with E-state index in [1.807, 2.05) is 98.3 Å². The van der Waals surface area contributed by atoms with Crippen LogP contribution in [-0.4, -0.2) is 19.9 Å². The summed E-state index contributed by atoms with van der Waals surface area (Å²) in [5.74, 6) is 0. The first kappa shape index (κ1) is 34.0. The highest BCUT2D eigenvalue weighted by Gasteiger charge is 2.17. The summed E-state index contributed by atoms with van der Waals surface area (Å²) in [6.07, 6.45) is 10.4. The maximum atomic E-state index is 8.39. The second-order valence-corrected chi connectivity index (χ2v) is 16.6. The van der Waals surface area contributed by atoms with Crippen molar-refractivity contribution in [3.8, 4) is 44.9 Å². The quantitative estimate of drug-likeness (QED) is 0.116. The van der Waals surface area contributed by atoms with Gasteiger partial charge in [0, 0.05) is 60.0 Å². The number of nitrogens with zero attached hydrogens (tertiary/aromatic N) is 4. The van der Waals surface area contributed by atoms with E-state index < -0.39 is 13.7 Å². The number of hydrogen-bond donors (Lipinski definition) is 0. The zero-order chi connectivity index (χ0) is 48.4. The minimum Gasteiger partial charge on any atom is -0.437 e. The Balaban J connectivity index is 0.988. The van der Waals surface area contributed by atoms with E-state index in [9.17, 15) is 0 Å². The lowest BCUT2D eigenvalue weighted by atomic mass is 9.91. The molecule has 0 spiro atoms. The zero-order valence-corrected chi connectivity index (χ0v) is 35.7. The van der Waals surface area contributed by atoms with Crippen molar-refractivity contribution in [3.63, 3.8) is 0 Å². The molecule has 312 valence electrons. The molecule has 0 aliphatic rings. The molecular formula is C59H50N4O. The molecule has 0 aliphatic carbocycles. The first-order valence-corrected chi connectivity index (χ1v) is 21.9. The van der Waals surface area contributed by atoms with E-state index in [-0.39, 0.29) is 11.1 Å². The van der Waals surface area contributed by atoms with Gasteiger partial charge < -0.3 is 4.42 Å². The van der Waals surface area contributed by atoms with Crippen molar-refractivity contribution in [1.29, 1.82) is 0 Å². The van der Waals surface area contributed by atoms with Crippen molar-refractivity contribution in [3.05, 3.63) is 227 Å². The molecule has 0 N–H and O–H groups in total. The Hall–Kier alpha value is -7.50. The minimum absolute atomic E-state index is 0.183. The Morgan fingerprint density at radius 1 is 0.438 bits per heavy atom. The molecule has 0 radical (unpaired) electrons. The van der Waals surface area contributed by atoms with Crippen LogP contribution in [0.3, 0.4) is 0 Å². The molecule has 0 saturated heterocycles. The third-order valence-electron chi connectivity index (χ3n) is 12.1. The summed E-state index contributed by atoms with van der Waals surface area (Å²) in [5.41, 5.74) is 15.4. The summed E-state index contributed by atoms with van der Waals surface area (Å²) >= 11 is 0. The molecule has 10 rings (SSSR count). The SMILES string of the molecule is [2H]C([2H])([2H])c1ccc(-c2cc(-c3cccc4c3oc3nc(C)ccc34)ncc2CCc2cc(CCc3ccc(-c4ccccc4)nc3)cc(CCc3ccc(-c4ccccc4)nc3)c2)cc1C([2H])([2H])[2H]. The van der Waals surface area contributed by atoms with Crippen LogP contribution >= 0.6 is 0 Å². The Kier molecular flexibility index (Phi) is 9.61. The minimum atomic E-state index is -2.66. The Labute approximate surface area is 384 Å². The number of pyridine rings is 4. The lowest BCUT2D eigenvalue weighted by molar-refractivity contribution is 0.653. The van der Waals surface area contributed by atoms with E-state index in [1.165, 1.54) is 28.8 Å². The maximum absolute atomic E-state index is 8.39. The summed E-state index contributed by atoms with van der Waals surface area (Å²) in [7, 11) is 0. The third-order valence-corrected chi connectivity index (χ3v) is 12.1. The lowest BCUT2D eigenvalue weighted by Crippen LogP contribution is -2.02. The van der Waals surface area contributed by atoms with Crippen LogP contribution in [0.4, 0.5) is 0 Å². The van der Waals surface area contributed by atoms with Gasteiger partial charge in [-0.1, -0.05) is 121 Å². The van der Waals surface area contributed by atoms with Crippen molar-refractivity contribution >= 4 is 22.1 Å². The molecule has 0 fully saturated rings. The summed E-state index contributed by atoms with van der Waals surface area (Å²) in [6.45, 7) is -3.34. The summed E-state index contributed by atoms with van der Waals surface area (Å²) in [5, 5.41) is 1.81. The monoisotopic (exact) mass is 836 g/mol. The molecular weight excluding hydrogens is 781 g/mol. The van der Waals surface area contributed by atoms with Gasteiger partial charge in [0.25, 0.3) is 0 Å². The van der Waals surface area contributed by atoms with E-state index in [0.29, 0.717) is 35.4 Å². The van der Waals surface area contributed by atoms with Crippen molar-refractivity contribution in [2.75, 3.05) is 0 Å². The van der Waals surface area contributed by atoms with Gasteiger partial charge in [0.15, 0.2) is 0 Å². The maximum Gasteiger partial charge on any atom is 0.227 e. The van der Waals surface area contributed by atoms with Gasteiger partial charge in [-0.25, -0.2) is 4.98 Å². The van der Waals surface area contributed by atoms with Gasteiger partial charge in [-0.3, -0.25) is 15.0 Å². The van der Waals surface area contributed by atoms with Crippen molar-refractivity contribution in [2.24, 2.45) is 0 Å². The molecule has 10 aromatic rings. The summed E-state index contributed by atoms with van der Waals surface area (Å²) in [6, 6.07) is 52.4. The average molecular weight is 837 g/mol. The molecule has 0 unspecified atom stereocenters. The molecule has 0 aliphatic heterocycles. The van der Waals surface area contributed by atoms with E-state index in [2.05, 4.69) is 71.7 Å². The molecule has 5 nitrogen and oxygen atoms in total. The van der Waals surface area contributed by atoms with Gasteiger partial charge in [-0.05, 0) is 151 Å². The third kappa shape index (κ3) is 8.89. The smallest absolute Gasteiger partial charge is 0.227 e. The molecule has 5 aromatic heterocycles. The van der Waals surface area contributed by atoms with Crippen LogP contribution in [0.25, 0.3) is 67.0 Å². The molecule has 0 saturated carbocycles. The number of hydrogen-bond acceptors (Lipinski definition) is 5. The largest absolute Gasteiger partial charge is 0.437 e. The Bertz CT molecular complexity index is 3350. The first-order valence-electron chi connectivity index (χ1n) is 24.9. The average Bonchev–Trinajstić information content (AvgIpc) is 3.75. The molecule has 5 heterocycles. The number of para-hydroxylation sites is 1. The van der Waals surface area contributed by atoms with Crippen LogP contribution in [0.5, 0.6) is 0 Å². The predicted molar refractivity (Wildman–Crippen MR) is 262 cm³/mol. The van der Waals surface area contributed by atoms with Gasteiger partial charge in [0.05, 0.1) is 17.1 Å². The molecule has 0 amide bonds. The van der Waals surface area contributed by atoms with E-state index in [1.54, 1.807) is 6.07 Å². The number of aromatic nitrogens is 4. The van der Waals surface area contributed by atoms with Crippen LogP contribution in [0.15, 0.2) is 181 Å². The topological polar surface area (TPSA) is 64.7 Å². The fourth-order valence-corrected chi connectivity index (χ4v) is 8.62. The van der Waals surface area contributed by atoms with Gasteiger partial charge in [0.1, 0.15) is 5.58 Å². The standard InChI is InChI=1S/C59H50N4O/c1-39-17-26-49(31-40(39)2)54-35-57(53-16-10-15-51-52-28-18-41(3)63-59(52)64-58(51)53)62-38-50(54)27-23-46-33-44(21-19-42-24-29-55(60-36-42)47-11-6-4-7-12-47)32-45(34-46)22-20-43-25-30-56(61-37-43)48-13-8-5-9-14-48/h4-18,24-26,28-38H,19-23,27H2,1-3H3/i1D3,2D3. The second-order valence-electron chi connectivity index (χ2n) is 16.6. The molecule has 5 aromatic carbocycles. The molecule has 5 heteroatoms. The Morgan fingerprint density at radius 2 is 1.05 bits per heavy atom. The van der Waals surface area contributed by atoms with E-state index in [0.717, 1.165) is 92.5 Å². The van der Waals surface area contributed by atoms with Crippen molar-refractivity contribution < 1.29 is 12.6 Å². The van der Waals surface area contributed by atoms with E-state index in [4.69, 9.17) is 27.6 Å². The van der Waals surface area contributed by atoms with Gasteiger partial charge in [0.2, 0.25) is 5.71 Å². The summed E-state index contributed by atoms with van der Waals surface area (Å²) < 4.78 is 56.1. The van der Waals surface area contributed by atoms with Crippen LogP contribution in [-0.2, 0) is 38.5 Å². The lowest BCUT2D eigenvalue weighted by Gasteiger charge is -2.15. The van der Waals surface area contributed by atoms with Crippen LogP contribution < -0.4 is 0 Å². The number of benzene rings is 5. The highest BCUT2D eigenvalue weighted by Crippen LogP contribution is 2.37. The normalized spacial score (nSPS) is 13.2. The molecule has 0 atom stereocenters. The Morgan fingerprint density at radius 3 is 1.66 bits per heavy atom. The zero-order valence-electron chi connectivity index (χ0n) is 41.7. The van der Waals surface area contributed by atoms with Gasteiger partial charge >= 0.3 is 0 Å². The van der Waals surface area contributed by atoms with Crippen molar-refractivity contribution in [1.82, 2.24) is 19.9 Å². The van der Waals surface area contributed by atoms with Crippen LogP contribution in [0.1, 0.15) is 58.4 Å². The van der Waals surface area contributed by atoms with E-state index >= 15 is 0 Å². The number of aryl methyl sites for hydroxylation is 9. The van der Waals surface area contributed by atoms with Crippen molar-refractivity contribution in [2.45, 2.75) is 59.2 Å². The summed E-state index contributed by atoms with van der Waals surface area (Å²) in [4.78, 5) is 19.3. The molecule has 64 heavy (non-hydrogen) atoms. The molecule has 0 bridgehead atoms. The van der Waals surface area contributed by atoms with Crippen LogP contribution in [0, 0.1) is 20.6 Å². The highest BCUT2D eigenvalue weighted by molar-refractivity contribution is 6.08. The fourth-order valence-electron chi connectivity index (χ4n) is 8.62. The fraction of sp³-hybridized carbons (Fsp3) is 0.153. The number of furan rings is 1. The highest BCUT2D eigenvalue weighted by atomic mass is 16.3. The van der Waals surface area contributed by atoms with Crippen LogP contribution in [0.2, 0.25) is 0 Å². The van der Waals surface area contributed by atoms with Gasteiger partial charge in [-0.2, -0.15) is 0 Å².